The summed E-state index contributed by atoms with van der Waals surface area (Å²) in [5, 5.41) is 6.00. The second-order valence-corrected chi connectivity index (χ2v) is 7.63. The zero-order valence-electron chi connectivity index (χ0n) is 17.3. The van der Waals surface area contributed by atoms with Crippen LogP contribution in [0.5, 0.6) is 0 Å². The first kappa shape index (κ1) is 24.3. The Morgan fingerprint density at radius 3 is 2.23 bits per heavy atom. The molecule has 0 saturated carbocycles. The molecule has 0 aliphatic heterocycles. The Hall–Kier alpha value is -3.86. The smallest absolute Gasteiger partial charge is 0.321 e. The van der Waals surface area contributed by atoms with Gasteiger partial charge >= 0.3 is 12.4 Å². The molecule has 0 saturated heterocycles. The standard InChI is InChI=1S/C23H13ClF6N4O/c24-16-3-1-2-4-18(16)34-19(11-20(33-34)23(28,29)30)13-5-7-14(8-6-13)21(35)32-17-9-10-31-12-15(17)22(25,26)27/h1-12H,(H,31,32,35). The number of nitrogens with one attached hydrogen (secondary N) is 1. The number of aromatic nitrogens is 3. The van der Waals surface area contributed by atoms with Crippen LogP contribution < -0.4 is 5.32 Å². The van der Waals surface area contributed by atoms with Gasteiger partial charge in [0.1, 0.15) is 0 Å². The van der Waals surface area contributed by atoms with Gasteiger partial charge in [-0.1, -0.05) is 35.9 Å². The summed E-state index contributed by atoms with van der Waals surface area (Å²) in [7, 11) is 0. The number of nitrogens with zero attached hydrogens (tertiary/aromatic N) is 3. The highest BCUT2D eigenvalue weighted by molar-refractivity contribution is 6.32. The minimum Gasteiger partial charge on any atom is -0.321 e. The van der Waals surface area contributed by atoms with Gasteiger partial charge in [-0.15, -0.1) is 0 Å². The topological polar surface area (TPSA) is 59.8 Å². The fourth-order valence-corrected chi connectivity index (χ4v) is 3.46. The van der Waals surface area contributed by atoms with Crippen LogP contribution in [0, 0.1) is 0 Å². The highest BCUT2D eigenvalue weighted by Crippen LogP contribution is 2.36. The summed E-state index contributed by atoms with van der Waals surface area (Å²) >= 11 is 6.15. The van der Waals surface area contributed by atoms with Gasteiger partial charge < -0.3 is 5.32 Å². The van der Waals surface area contributed by atoms with E-state index in [1.807, 2.05) is 0 Å². The molecule has 1 N–H and O–H groups in total. The van der Waals surface area contributed by atoms with Crippen LogP contribution >= 0.6 is 11.6 Å². The van der Waals surface area contributed by atoms with Crippen LogP contribution in [0.2, 0.25) is 5.02 Å². The van der Waals surface area contributed by atoms with Gasteiger partial charge in [0.05, 0.1) is 27.7 Å². The maximum absolute atomic E-state index is 13.4. The summed E-state index contributed by atoms with van der Waals surface area (Å²) in [6.45, 7) is 0. The first-order valence-electron chi connectivity index (χ1n) is 9.80. The van der Waals surface area contributed by atoms with Gasteiger partial charge in [0.15, 0.2) is 5.69 Å². The zero-order valence-corrected chi connectivity index (χ0v) is 18.1. The lowest BCUT2D eigenvalue weighted by atomic mass is 10.1. The van der Waals surface area contributed by atoms with Crippen molar-refractivity contribution < 1.29 is 31.1 Å². The van der Waals surface area contributed by atoms with Crippen molar-refractivity contribution in [3.63, 3.8) is 0 Å². The number of anilines is 1. The van der Waals surface area contributed by atoms with Gasteiger partial charge in [0.2, 0.25) is 0 Å². The van der Waals surface area contributed by atoms with Crippen LogP contribution in [-0.4, -0.2) is 20.7 Å². The van der Waals surface area contributed by atoms with E-state index in [4.69, 9.17) is 11.6 Å². The summed E-state index contributed by atoms with van der Waals surface area (Å²) in [6, 6.07) is 13.3. The Labute approximate surface area is 199 Å². The fourth-order valence-electron chi connectivity index (χ4n) is 3.25. The molecule has 4 aromatic rings. The highest BCUT2D eigenvalue weighted by atomic mass is 35.5. The Morgan fingerprint density at radius 2 is 1.60 bits per heavy atom. The van der Waals surface area contributed by atoms with Crippen molar-refractivity contribution in [1.29, 1.82) is 0 Å². The van der Waals surface area contributed by atoms with Crippen molar-refractivity contribution in [3.05, 3.63) is 94.9 Å². The molecule has 35 heavy (non-hydrogen) atoms. The third kappa shape index (κ3) is 5.14. The summed E-state index contributed by atoms with van der Waals surface area (Å²) in [5.74, 6) is -0.844. The molecule has 2 aromatic heterocycles. The van der Waals surface area contributed by atoms with Crippen molar-refractivity contribution in [2.45, 2.75) is 12.4 Å². The van der Waals surface area contributed by atoms with E-state index in [2.05, 4.69) is 15.4 Å². The number of benzene rings is 2. The summed E-state index contributed by atoms with van der Waals surface area (Å²) in [6.07, 6.45) is -7.76. The number of halogens is 7. The summed E-state index contributed by atoms with van der Waals surface area (Å²) in [5.41, 5.74) is -2.24. The first-order valence-corrected chi connectivity index (χ1v) is 10.2. The van der Waals surface area contributed by atoms with Crippen molar-refractivity contribution in [1.82, 2.24) is 14.8 Å². The molecule has 180 valence electrons. The lowest BCUT2D eigenvalue weighted by molar-refractivity contribution is -0.141. The second kappa shape index (κ2) is 9.06. The molecule has 0 spiro atoms. The van der Waals surface area contributed by atoms with E-state index in [9.17, 15) is 31.1 Å². The van der Waals surface area contributed by atoms with Crippen LogP contribution in [0.3, 0.4) is 0 Å². The third-order valence-corrected chi connectivity index (χ3v) is 5.22. The second-order valence-electron chi connectivity index (χ2n) is 7.23. The number of carbonyl (C=O) groups is 1. The number of hydrogen-bond donors (Lipinski definition) is 1. The molecule has 0 aliphatic carbocycles. The molecule has 0 aliphatic rings. The molecular formula is C23H13ClF6N4O. The monoisotopic (exact) mass is 510 g/mol. The van der Waals surface area contributed by atoms with E-state index in [-0.39, 0.29) is 27.5 Å². The number of alkyl halides is 6. The molecule has 0 bridgehead atoms. The molecule has 2 aromatic carbocycles. The van der Waals surface area contributed by atoms with Crippen LogP contribution in [0.4, 0.5) is 32.0 Å². The van der Waals surface area contributed by atoms with E-state index in [1.165, 1.54) is 36.4 Å². The Morgan fingerprint density at radius 1 is 0.914 bits per heavy atom. The predicted octanol–water partition coefficient (Wildman–Crippen LogP) is 6.88. The van der Waals surface area contributed by atoms with Gasteiger partial charge in [0.25, 0.3) is 5.91 Å². The van der Waals surface area contributed by atoms with E-state index in [0.717, 1.165) is 23.0 Å². The zero-order chi connectivity index (χ0) is 25.4. The van der Waals surface area contributed by atoms with E-state index < -0.39 is 35.2 Å². The Bertz CT molecular complexity index is 1380. The molecule has 5 nitrogen and oxygen atoms in total. The average Bonchev–Trinajstić information content (AvgIpc) is 3.25. The quantitative estimate of drug-likeness (QED) is 0.305. The Balaban J connectivity index is 1.68. The maximum Gasteiger partial charge on any atom is 0.435 e. The lowest BCUT2D eigenvalue weighted by Crippen LogP contribution is -2.16. The van der Waals surface area contributed by atoms with Crippen molar-refractivity contribution in [2.75, 3.05) is 5.32 Å². The largest absolute Gasteiger partial charge is 0.435 e. The van der Waals surface area contributed by atoms with Crippen molar-refractivity contribution in [3.8, 4) is 16.9 Å². The molecule has 4 rings (SSSR count). The number of amides is 1. The average molecular weight is 511 g/mol. The summed E-state index contributed by atoms with van der Waals surface area (Å²) < 4.78 is 80.6. The molecule has 1 amide bonds. The van der Waals surface area contributed by atoms with Crippen LogP contribution in [0.25, 0.3) is 16.9 Å². The van der Waals surface area contributed by atoms with Crippen LogP contribution in [-0.2, 0) is 12.4 Å². The minimum absolute atomic E-state index is 0.0152. The van der Waals surface area contributed by atoms with Crippen LogP contribution in [0.15, 0.2) is 73.1 Å². The molecule has 0 fully saturated rings. The van der Waals surface area contributed by atoms with E-state index in [0.29, 0.717) is 6.20 Å². The number of para-hydroxylation sites is 1. The van der Waals surface area contributed by atoms with Gasteiger partial charge in [0, 0.05) is 23.5 Å². The van der Waals surface area contributed by atoms with Crippen molar-refractivity contribution >= 4 is 23.2 Å². The van der Waals surface area contributed by atoms with E-state index in [1.54, 1.807) is 12.1 Å². The van der Waals surface area contributed by atoms with E-state index >= 15 is 0 Å². The minimum atomic E-state index is -4.73. The third-order valence-electron chi connectivity index (χ3n) is 4.90. The number of pyridine rings is 1. The van der Waals surface area contributed by atoms with Crippen LogP contribution in [0.1, 0.15) is 21.6 Å². The molecule has 2 heterocycles. The highest BCUT2D eigenvalue weighted by Gasteiger charge is 2.36. The SMILES string of the molecule is O=C(Nc1ccncc1C(F)(F)F)c1ccc(-c2cc(C(F)(F)F)nn2-c2ccccc2Cl)cc1. The molecule has 0 radical (unpaired) electrons. The molecular weight excluding hydrogens is 498 g/mol. The summed E-state index contributed by atoms with van der Waals surface area (Å²) in [4.78, 5) is 16.0. The van der Waals surface area contributed by atoms with Gasteiger partial charge in [-0.3, -0.25) is 9.78 Å². The van der Waals surface area contributed by atoms with Crippen molar-refractivity contribution in [2.24, 2.45) is 0 Å². The predicted molar refractivity (Wildman–Crippen MR) is 116 cm³/mol. The molecule has 0 unspecified atom stereocenters. The van der Waals surface area contributed by atoms with Gasteiger partial charge in [-0.2, -0.15) is 31.4 Å². The maximum atomic E-state index is 13.4. The number of hydrogen-bond acceptors (Lipinski definition) is 3. The molecule has 12 heteroatoms. The normalized spacial score (nSPS) is 12.0. The fraction of sp³-hybridized carbons (Fsp3) is 0.0870. The number of rotatable bonds is 4. The Kier molecular flexibility index (Phi) is 6.28. The first-order chi connectivity index (χ1) is 16.4. The van der Waals surface area contributed by atoms with Gasteiger partial charge in [-0.25, -0.2) is 4.68 Å². The van der Waals surface area contributed by atoms with Gasteiger partial charge in [-0.05, 0) is 36.4 Å². The number of carbonyl (C=O) groups excluding carboxylic acids is 1. The lowest BCUT2D eigenvalue weighted by Gasteiger charge is -2.13. The molecule has 0 atom stereocenters.